The van der Waals surface area contributed by atoms with Crippen LogP contribution in [0.15, 0.2) is 52.1 Å². The Balaban J connectivity index is 1.78. The molecule has 3 aromatic rings. The number of halogens is 3. The van der Waals surface area contributed by atoms with Gasteiger partial charge in [-0.05, 0) is 37.0 Å². The lowest BCUT2D eigenvalue weighted by Crippen LogP contribution is -2.15. The van der Waals surface area contributed by atoms with Gasteiger partial charge in [0.1, 0.15) is 5.82 Å². The molecule has 1 aliphatic rings. The summed E-state index contributed by atoms with van der Waals surface area (Å²) in [5, 5.41) is 4.87. The van der Waals surface area contributed by atoms with Crippen molar-refractivity contribution < 1.29 is 22.2 Å². The molecule has 2 heterocycles. The van der Waals surface area contributed by atoms with Crippen molar-refractivity contribution in [2.75, 3.05) is 5.75 Å². The average molecular weight is 408 g/mol. The van der Waals surface area contributed by atoms with Crippen LogP contribution in [0.25, 0.3) is 16.6 Å². The number of benzene rings is 1. The molecule has 1 amide bonds. The number of alkyl halides is 2. The molecule has 1 unspecified atom stereocenters. The molecule has 0 aliphatic heterocycles. The number of carbonyl (C=O) groups is 1. The molecule has 0 spiro atoms. The number of hydrogen-bond donors (Lipinski definition) is 0. The molecule has 1 saturated carbocycles. The van der Waals surface area contributed by atoms with E-state index in [0.717, 1.165) is 19.0 Å². The molecule has 2 aromatic heterocycles. The van der Waals surface area contributed by atoms with Gasteiger partial charge in [-0.25, -0.2) is 13.3 Å². The van der Waals surface area contributed by atoms with Crippen molar-refractivity contribution in [1.82, 2.24) is 14.8 Å². The van der Waals surface area contributed by atoms with Crippen molar-refractivity contribution in [1.29, 1.82) is 0 Å². The summed E-state index contributed by atoms with van der Waals surface area (Å²) in [6.45, 7) is 0. The fraction of sp³-hybridized carbons (Fsp3) is 0.278. The van der Waals surface area contributed by atoms with Gasteiger partial charge in [-0.1, -0.05) is 0 Å². The van der Waals surface area contributed by atoms with Gasteiger partial charge in [-0.3, -0.25) is 9.78 Å². The number of nitrogens with zero attached hydrogens (tertiary/aromatic N) is 4. The van der Waals surface area contributed by atoms with Crippen LogP contribution in [0.2, 0.25) is 0 Å². The molecule has 1 aliphatic carbocycles. The number of pyridine rings is 1. The highest BCUT2D eigenvalue weighted by Crippen LogP contribution is 2.34. The van der Waals surface area contributed by atoms with Crippen LogP contribution in [0.4, 0.5) is 13.2 Å². The summed E-state index contributed by atoms with van der Waals surface area (Å²) in [7, 11) is -3.32. The molecule has 0 saturated heterocycles. The molecule has 4 rings (SSSR count). The molecule has 10 heteroatoms. The van der Waals surface area contributed by atoms with Crippen molar-refractivity contribution in [2.24, 2.45) is 10.3 Å². The van der Waals surface area contributed by atoms with Crippen LogP contribution in [-0.2, 0) is 14.5 Å². The van der Waals surface area contributed by atoms with E-state index in [1.165, 1.54) is 29.1 Å². The summed E-state index contributed by atoms with van der Waals surface area (Å²) >= 11 is 0. The Labute approximate surface area is 158 Å². The van der Waals surface area contributed by atoms with E-state index >= 15 is 0 Å². The maximum atomic E-state index is 13.4. The van der Waals surface area contributed by atoms with Gasteiger partial charge in [0.2, 0.25) is 0 Å². The van der Waals surface area contributed by atoms with Crippen molar-refractivity contribution in [2.45, 2.75) is 24.2 Å². The van der Waals surface area contributed by atoms with E-state index in [4.69, 9.17) is 0 Å². The summed E-state index contributed by atoms with van der Waals surface area (Å²) < 4.78 is 56.9. The van der Waals surface area contributed by atoms with E-state index in [9.17, 15) is 22.2 Å². The molecule has 0 N–H and O–H groups in total. The lowest BCUT2D eigenvalue weighted by molar-refractivity contribution is -0.127. The molecule has 1 fully saturated rings. The summed E-state index contributed by atoms with van der Waals surface area (Å²) in [5.74, 6) is -2.01. The van der Waals surface area contributed by atoms with Gasteiger partial charge >= 0.3 is 12.3 Å². The van der Waals surface area contributed by atoms with Gasteiger partial charge < -0.3 is 0 Å². The van der Waals surface area contributed by atoms with Gasteiger partial charge in [0.15, 0.2) is 0 Å². The van der Waals surface area contributed by atoms with Gasteiger partial charge in [-0.15, -0.1) is 0 Å². The van der Waals surface area contributed by atoms with E-state index in [-0.39, 0.29) is 16.6 Å². The summed E-state index contributed by atoms with van der Waals surface area (Å²) in [5.41, 5.74) is 0.926. The Morgan fingerprint density at radius 3 is 2.75 bits per heavy atom. The van der Waals surface area contributed by atoms with Gasteiger partial charge in [0.25, 0.3) is 0 Å². The Kier molecular flexibility index (Phi) is 4.66. The van der Waals surface area contributed by atoms with E-state index in [2.05, 4.69) is 14.4 Å². The Bertz CT molecular complexity index is 1180. The molecular formula is C18H15F3N4O2S. The van der Waals surface area contributed by atoms with Gasteiger partial charge in [-0.2, -0.15) is 18.2 Å². The number of amides is 1. The van der Waals surface area contributed by atoms with Crippen LogP contribution in [0.1, 0.15) is 12.8 Å². The number of hydrogen-bond acceptors (Lipinski definition) is 4. The first-order chi connectivity index (χ1) is 13.3. The van der Waals surface area contributed by atoms with E-state index < -0.39 is 27.9 Å². The largest absolute Gasteiger partial charge is 0.321 e. The van der Waals surface area contributed by atoms with E-state index in [1.54, 1.807) is 12.3 Å². The molecule has 0 bridgehead atoms. The van der Waals surface area contributed by atoms with Crippen molar-refractivity contribution >= 4 is 26.5 Å². The lowest BCUT2D eigenvalue weighted by Gasteiger charge is -2.09. The first kappa shape index (κ1) is 18.6. The SMILES string of the molecule is O=C(N=S(=O)(CC1CC1)c1ccc2nn(-c3cncc(F)c3)cc2c1)C(F)F. The normalized spacial score (nSPS) is 16.3. The van der Waals surface area contributed by atoms with Gasteiger partial charge in [0.05, 0.1) is 33.3 Å². The highest BCUT2D eigenvalue weighted by molar-refractivity contribution is 7.94. The van der Waals surface area contributed by atoms with Crippen LogP contribution in [-0.4, -0.2) is 37.1 Å². The predicted octanol–water partition coefficient (Wildman–Crippen LogP) is 3.59. The first-order valence-electron chi connectivity index (χ1n) is 8.51. The topological polar surface area (TPSA) is 77.2 Å². The highest BCUT2D eigenvalue weighted by Gasteiger charge is 2.30. The second-order valence-corrected chi connectivity index (χ2v) is 8.90. The third-order valence-electron chi connectivity index (χ3n) is 4.38. The molecule has 146 valence electrons. The zero-order valence-electron chi connectivity index (χ0n) is 14.5. The quantitative estimate of drug-likeness (QED) is 0.647. The third-order valence-corrected chi connectivity index (χ3v) is 6.77. The first-order valence-corrected chi connectivity index (χ1v) is 10.2. The van der Waals surface area contributed by atoms with E-state index in [0.29, 0.717) is 16.6 Å². The summed E-state index contributed by atoms with van der Waals surface area (Å²) in [6, 6.07) is 5.84. The minimum absolute atomic E-state index is 0.0684. The van der Waals surface area contributed by atoms with Crippen LogP contribution in [0, 0.1) is 11.7 Å². The maximum absolute atomic E-state index is 13.4. The minimum Gasteiger partial charge on any atom is -0.265 e. The maximum Gasteiger partial charge on any atom is 0.321 e. The minimum atomic E-state index is -3.32. The highest BCUT2D eigenvalue weighted by atomic mass is 32.2. The Morgan fingerprint density at radius 1 is 1.29 bits per heavy atom. The standard InChI is InChI=1S/C18H15F3N4O2S/c19-13-6-14(8-22-7-13)25-9-12-5-15(3-4-16(12)23-25)28(27,10-11-1-2-11)24-18(26)17(20)21/h3-9,11,17H,1-2,10H2. The molecule has 6 nitrogen and oxygen atoms in total. The van der Waals surface area contributed by atoms with Gasteiger partial charge in [0, 0.05) is 28.3 Å². The summed E-state index contributed by atoms with van der Waals surface area (Å²) in [6.07, 6.45) is 2.46. The predicted molar refractivity (Wildman–Crippen MR) is 96.3 cm³/mol. The second-order valence-electron chi connectivity index (χ2n) is 6.64. The monoisotopic (exact) mass is 408 g/mol. The molecule has 0 radical (unpaired) electrons. The zero-order valence-corrected chi connectivity index (χ0v) is 15.3. The fourth-order valence-corrected chi connectivity index (χ4v) is 5.14. The molecule has 28 heavy (non-hydrogen) atoms. The van der Waals surface area contributed by atoms with E-state index in [1.807, 2.05) is 0 Å². The van der Waals surface area contributed by atoms with Crippen molar-refractivity contribution in [3.05, 3.63) is 48.7 Å². The van der Waals surface area contributed by atoms with Crippen molar-refractivity contribution in [3.63, 3.8) is 0 Å². The smallest absolute Gasteiger partial charge is 0.265 e. The summed E-state index contributed by atoms with van der Waals surface area (Å²) in [4.78, 5) is 15.4. The number of fused-ring (bicyclic) bond motifs is 1. The second kappa shape index (κ2) is 7.01. The zero-order chi connectivity index (χ0) is 19.9. The number of carbonyl (C=O) groups excluding carboxylic acids is 1. The lowest BCUT2D eigenvalue weighted by atomic mass is 10.3. The number of aromatic nitrogens is 3. The van der Waals surface area contributed by atoms with Crippen LogP contribution in [0.5, 0.6) is 0 Å². The average Bonchev–Trinajstić information content (AvgIpc) is 3.35. The molecular weight excluding hydrogens is 393 g/mol. The van der Waals surface area contributed by atoms with Crippen LogP contribution in [0.3, 0.4) is 0 Å². The Hall–Kier alpha value is -2.75. The molecule has 1 atom stereocenters. The van der Waals surface area contributed by atoms with Crippen molar-refractivity contribution in [3.8, 4) is 5.69 Å². The Morgan fingerprint density at radius 2 is 2.07 bits per heavy atom. The van der Waals surface area contributed by atoms with Crippen LogP contribution < -0.4 is 0 Å². The third kappa shape index (κ3) is 3.77. The number of rotatable bonds is 5. The molecule has 1 aromatic carbocycles. The van der Waals surface area contributed by atoms with Crippen LogP contribution >= 0.6 is 0 Å². The fourth-order valence-electron chi connectivity index (χ4n) is 2.84.